The van der Waals surface area contributed by atoms with Gasteiger partial charge in [0.2, 0.25) is 0 Å². The highest BCUT2D eigenvalue weighted by Crippen LogP contribution is 2.37. The maximum Gasteiger partial charge on any atom is 0.0548 e. The van der Waals surface area contributed by atoms with Crippen LogP contribution in [0.25, 0.3) is 0 Å². The molecule has 0 spiro atoms. The standard InChI is InChI=1S/C14H13BrClNS/c1-9(17)10-6-7-14(12(16)8-10)18-13-5-3-2-4-11(13)15/h2-9H,17H2,1H3/t9-/m1/s1. The molecule has 2 aromatic rings. The molecule has 94 valence electrons. The van der Waals surface area contributed by atoms with E-state index in [1.165, 1.54) is 0 Å². The first-order valence-corrected chi connectivity index (χ1v) is 7.54. The van der Waals surface area contributed by atoms with Gasteiger partial charge in [-0.1, -0.05) is 41.6 Å². The normalized spacial score (nSPS) is 12.4. The number of hydrogen-bond donors (Lipinski definition) is 1. The van der Waals surface area contributed by atoms with Crippen LogP contribution in [0.5, 0.6) is 0 Å². The SMILES string of the molecule is C[C@@H](N)c1ccc(Sc2ccccc2Br)c(Cl)c1. The van der Waals surface area contributed by atoms with Crippen molar-refractivity contribution in [2.24, 2.45) is 5.73 Å². The molecule has 0 saturated carbocycles. The van der Waals surface area contributed by atoms with Gasteiger partial charge in [0.25, 0.3) is 0 Å². The first-order chi connectivity index (χ1) is 8.58. The summed E-state index contributed by atoms with van der Waals surface area (Å²) in [5, 5.41) is 0.741. The second-order valence-corrected chi connectivity index (χ2v) is 6.36. The Morgan fingerprint density at radius 1 is 1.17 bits per heavy atom. The lowest BCUT2D eigenvalue weighted by Crippen LogP contribution is -2.04. The fraction of sp³-hybridized carbons (Fsp3) is 0.143. The number of halogens is 2. The van der Waals surface area contributed by atoms with E-state index < -0.39 is 0 Å². The van der Waals surface area contributed by atoms with Crippen molar-refractivity contribution < 1.29 is 0 Å². The zero-order chi connectivity index (χ0) is 13.1. The highest BCUT2D eigenvalue weighted by atomic mass is 79.9. The molecule has 0 bridgehead atoms. The van der Waals surface area contributed by atoms with Gasteiger partial charge in [-0.3, -0.25) is 0 Å². The zero-order valence-corrected chi connectivity index (χ0v) is 13.0. The molecule has 0 aromatic heterocycles. The van der Waals surface area contributed by atoms with Crippen LogP contribution in [0.4, 0.5) is 0 Å². The first kappa shape index (κ1) is 13.9. The second-order valence-electron chi connectivity index (χ2n) is 4.01. The number of rotatable bonds is 3. The minimum atomic E-state index is 0.00464. The van der Waals surface area contributed by atoms with Gasteiger partial charge >= 0.3 is 0 Å². The number of nitrogens with two attached hydrogens (primary N) is 1. The van der Waals surface area contributed by atoms with E-state index >= 15 is 0 Å². The van der Waals surface area contributed by atoms with Crippen LogP contribution in [-0.2, 0) is 0 Å². The third-order valence-electron chi connectivity index (χ3n) is 2.54. The maximum atomic E-state index is 6.28. The second kappa shape index (κ2) is 6.11. The minimum Gasteiger partial charge on any atom is -0.324 e. The summed E-state index contributed by atoms with van der Waals surface area (Å²) >= 11 is 11.5. The van der Waals surface area contributed by atoms with Gasteiger partial charge in [0, 0.05) is 20.3 Å². The van der Waals surface area contributed by atoms with Crippen molar-refractivity contribution in [3.8, 4) is 0 Å². The molecule has 18 heavy (non-hydrogen) atoms. The summed E-state index contributed by atoms with van der Waals surface area (Å²) in [7, 11) is 0. The van der Waals surface area contributed by atoms with Crippen LogP contribution >= 0.6 is 39.3 Å². The number of hydrogen-bond acceptors (Lipinski definition) is 2. The molecule has 0 radical (unpaired) electrons. The molecular weight excluding hydrogens is 330 g/mol. The van der Waals surface area contributed by atoms with Gasteiger partial charge in [0.15, 0.2) is 0 Å². The average molecular weight is 343 g/mol. The van der Waals surface area contributed by atoms with Crippen molar-refractivity contribution >= 4 is 39.3 Å². The molecule has 1 nitrogen and oxygen atoms in total. The van der Waals surface area contributed by atoms with E-state index in [-0.39, 0.29) is 6.04 Å². The van der Waals surface area contributed by atoms with Crippen molar-refractivity contribution in [3.63, 3.8) is 0 Å². The third-order valence-corrected chi connectivity index (χ3v) is 5.07. The summed E-state index contributed by atoms with van der Waals surface area (Å²) in [4.78, 5) is 2.18. The summed E-state index contributed by atoms with van der Waals surface area (Å²) in [6.07, 6.45) is 0. The first-order valence-electron chi connectivity index (χ1n) is 5.55. The lowest BCUT2D eigenvalue weighted by molar-refractivity contribution is 0.817. The molecule has 0 saturated heterocycles. The monoisotopic (exact) mass is 341 g/mol. The highest BCUT2D eigenvalue weighted by Gasteiger charge is 2.08. The molecule has 0 heterocycles. The molecule has 0 aliphatic carbocycles. The Hall–Kier alpha value is -0.480. The fourth-order valence-electron chi connectivity index (χ4n) is 1.53. The van der Waals surface area contributed by atoms with E-state index in [0.717, 1.165) is 24.8 Å². The van der Waals surface area contributed by atoms with Crippen LogP contribution in [0.15, 0.2) is 56.7 Å². The predicted octanol–water partition coefficient (Wildman–Crippen LogP) is 5.27. The molecule has 0 aliphatic rings. The fourth-order valence-corrected chi connectivity index (χ4v) is 3.20. The minimum absolute atomic E-state index is 0.00464. The highest BCUT2D eigenvalue weighted by molar-refractivity contribution is 9.10. The van der Waals surface area contributed by atoms with Crippen LogP contribution in [0, 0.1) is 0 Å². The van der Waals surface area contributed by atoms with Crippen molar-refractivity contribution in [1.29, 1.82) is 0 Å². The molecule has 2 N–H and O–H groups in total. The van der Waals surface area contributed by atoms with Crippen LogP contribution < -0.4 is 5.73 Å². The molecule has 0 amide bonds. The largest absolute Gasteiger partial charge is 0.324 e. The Kier molecular flexibility index (Phi) is 4.73. The zero-order valence-electron chi connectivity index (χ0n) is 9.86. The Balaban J connectivity index is 2.28. The van der Waals surface area contributed by atoms with Crippen molar-refractivity contribution in [1.82, 2.24) is 0 Å². The van der Waals surface area contributed by atoms with Gasteiger partial charge in [-0.2, -0.15) is 0 Å². The van der Waals surface area contributed by atoms with Gasteiger partial charge in [0.05, 0.1) is 5.02 Å². The lowest BCUT2D eigenvalue weighted by atomic mass is 10.1. The summed E-state index contributed by atoms with van der Waals surface area (Å²) in [6, 6.07) is 14.1. The molecule has 0 unspecified atom stereocenters. The Bertz CT molecular complexity index is 557. The van der Waals surface area contributed by atoms with Crippen molar-refractivity contribution in [3.05, 3.63) is 57.5 Å². The average Bonchev–Trinajstić information content (AvgIpc) is 2.34. The van der Waals surface area contributed by atoms with E-state index in [9.17, 15) is 0 Å². The van der Waals surface area contributed by atoms with Crippen molar-refractivity contribution in [2.45, 2.75) is 22.8 Å². The summed E-state index contributed by atoms with van der Waals surface area (Å²) in [5.41, 5.74) is 6.89. The third kappa shape index (κ3) is 3.29. The molecule has 0 fully saturated rings. The topological polar surface area (TPSA) is 26.0 Å². The molecule has 1 atom stereocenters. The number of benzene rings is 2. The van der Waals surface area contributed by atoms with E-state index in [1.807, 2.05) is 43.3 Å². The van der Waals surface area contributed by atoms with E-state index in [0.29, 0.717) is 0 Å². The molecule has 0 aliphatic heterocycles. The Morgan fingerprint density at radius 2 is 1.89 bits per heavy atom. The van der Waals surface area contributed by atoms with E-state index in [4.69, 9.17) is 17.3 Å². The van der Waals surface area contributed by atoms with Crippen LogP contribution in [-0.4, -0.2) is 0 Å². The van der Waals surface area contributed by atoms with Gasteiger partial charge in [0.1, 0.15) is 0 Å². The van der Waals surface area contributed by atoms with Crippen LogP contribution in [0.2, 0.25) is 5.02 Å². The Labute approximate surface area is 125 Å². The molecule has 2 rings (SSSR count). The molecule has 4 heteroatoms. The maximum absolute atomic E-state index is 6.28. The van der Waals surface area contributed by atoms with Gasteiger partial charge in [-0.15, -0.1) is 0 Å². The Morgan fingerprint density at radius 3 is 2.50 bits per heavy atom. The van der Waals surface area contributed by atoms with E-state index in [2.05, 4.69) is 22.0 Å². The van der Waals surface area contributed by atoms with Gasteiger partial charge in [-0.25, -0.2) is 0 Å². The van der Waals surface area contributed by atoms with Gasteiger partial charge in [-0.05, 0) is 52.7 Å². The van der Waals surface area contributed by atoms with Crippen molar-refractivity contribution in [2.75, 3.05) is 0 Å². The summed E-state index contributed by atoms with van der Waals surface area (Å²) in [6.45, 7) is 1.95. The van der Waals surface area contributed by atoms with Crippen LogP contribution in [0.3, 0.4) is 0 Å². The molecular formula is C14H13BrClNS. The summed E-state index contributed by atoms with van der Waals surface area (Å²) in [5.74, 6) is 0. The van der Waals surface area contributed by atoms with Crippen LogP contribution in [0.1, 0.15) is 18.5 Å². The quantitative estimate of drug-likeness (QED) is 0.822. The smallest absolute Gasteiger partial charge is 0.0548 e. The van der Waals surface area contributed by atoms with E-state index in [1.54, 1.807) is 11.8 Å². The lowest BCUT2D eigenvalue weighted by Gasteiger charge is -2.10. The molecule has 2 aromatic carbocycles. The predicted molar refractivity (Wildman–Crippen MR) is 82.3 cm³/mol. The van der Waals surface area contributed by atoms with Gasteiger partial charge < -0.3 is 5.73 Å². The summed E-state index contributed by atoms with van der Waals surface area (Å²) < 4.78 is 1.07.